The Balaban J connectivity index is 1.60. The Hall–Kier alpha value is -4.35. The summed E-state index contributed by atoms with van der Waals surface area (Å²) in [6.07, 6.45) is 5.43. The van der Waals surface area contributed by atoms with Gasteiger partial charge in [-0.3, -0.25) is 9.78 Å². The van der Waals surface area contributed by atoms with Gasteiger partial charge in [0.2, 0.25) is 5.43 Å². The SMILES string of the molecule is CNc1cc(F)cc2c1Cc1ncc(-c3cnc4c(c3)c(=O)c(C(=O)O)cn4C(C)CN(C)C)c(N3CCOCC3)c1-2. The minimum absolute atomic E-state index is 0.141. The summed E-state index contributed by atoms with van der Waals surface area (Å²) in [6, 6.07) is 4.62. The zero-order chi connectivity index (χ0) is 29.7. The molecule has 11 heteroatoms. The highest BCUT2D eigenvalue weighted by Crippen LogP contribution is 2.48. The summed E-state index contributed by atoms with van der Waals surface area (Å²) in [5.74, 6) is -1.63. The Bertz CT molecular complexity index is 1780. The molecule has 10 nitrogen and oxygen atoms in total. The first-order valence-electron chi connectivity index (χ1n) is 14.0. The van der Waals surface area contributed by atoms with Crippen molar-refractivity contribution >= 4 is 28.4 Å². The fourth-order valence-corrected chi connectivity index (χ4v) is 6.21. The van der Waals surface area contributed by atoms with Gasteiger partial charge in [0.25, 0.3) is 0 Å². The van der Waals surface area contributed by atoms with Crippen LogP contribution in [0.25, 0.3) is 33.3 Å². The third-order valence-corrected chi connectivity index (χ3v) is 8.07. The highest BCUT2D eigenvalue weighted by atomic mass is 19.1. The van der Waals surface area contributed by atoms with Gasteiger partial charge in [-0.1, -0.05) is 0 Å². The molecule has 0 bridgehead atoms. The third-order valence-electron chi connectivity index (χ3n) is 8.07. The molecule has 2 N–H and O–H groups in total. The summed E-state index contributed by atoms with van der Waals surface area (Å²) in [4.78, 5) is 39.3. The van der Waals surface area contributed by atoms with Crippen LogP contribution in [0.4, 0.5) is 15.8 Å². The van der Waals surface area contributed by atoms with E-state index < -0.39 is 11.4 Å². The van der Waals surface area contributed by atoms with Crippen LogP contribution in [-0.2, 0) is 11.2 Å². The number of carbonyl (C=O) groups is 1. The van der Waals surface area contributed by atoms with Gasteiger partial charge in [-0.2, -0.15) is 0 Å². The highest BCUT2D eigenvalue weighted by Gasteiger charge is 2.31. The molecule has 0 amide bonds. The number of pyridine rings is 3. The molecule has 0 radical (unpaired) electrons. The lowest BCUT2D eigenvalue weighted by Gasteiger charge is -2.32. The van der Waals surface area contributed by atoms with Crippen molar-refractivity contribution in [3.05, 3.63) is 69.7 Å². The number of benzene rings is 1. The van der Waals surface area contributed by atoms with Crippen molar-refractivity contribution in [1.29, 1.82) is 0 Å². The number of carboxylic acids is 1. The summed E-state index contributed by atoms with van der Waals surface area (Å²) in [6.45, 7) is 4.93. The number of nitrogens with zero attached hydrogens (tertiary/aromatic N) is 5. The molecule has 218 valence electrons. The number of ether oxygens (including phenoxy) is 1. The number of halogens is 1. The Morgan fingerprint density at radius 2 is 1.93 bits per heavy atom. The number of rotatable bonds is 7. The molecule has 6 rings (SSSR count). The van der Waals surface area contributed by atoms with Crippen molar-refractivity contribution in [3.8, 4) is 22.3 Å². The Morgan fingerprint density at radius 3 is 2.62 bits per heavy atom. The average Bonchev–Trinajstić information content (AvgIpc) is 3.34. The molecule has 1 unspecified atom stereocenters. The molecule has 1 aromatic carbocycles. The largest absolute Gasteiger partial charge is 0.477 e. The molecule has 42 heavy (non-hydrogen) atoms. The number of hydrogen-bond acceptors (Lipinski definition) is 8. The number of aromatic nitrogens is 3. The molecule has 4 aromatic rings. The van der Waals surface area contributed by atoms with E-state index in [2.05, 4.69) is 10.2 Å². The van der Waals surface area contributed by atoms with Gasteiger partial charge in [0.15, 0.2) is 0 Å². The van der Waals surface area contributed by atoms with Gasteiger partial charge in [-0.15, -0.1) is 0 Å². The summed E-state index contributed by atoms with van der Waals surface area (Å²) in [5, 5.41) is 13.2. The van der Waals surface area contributed by atoms with Gasteiger partial charge in [0.1, 0.15) is 17.0 Å². The topological polar surface area (TPSA) is 113 Å². The summed E-state index contributed by atoms with van der Waals surface area (Å²) < 4.78 is 22.2. The molecular weight excluding hydrogens is 539 g/mol. The van der Waals surface area contributed by atoms with E-state index in [-0.39, 0.29) is 22.8 Å². The van der Waals surface area contributed by atoms with Crippen LogP contribution in [0.3, 0.4) is 0 Å². The second-order valence-corrected chi connectivity index (χ2v) is 11.1. The molecule has 1 aliphatic carbocycles. The summed E-state index contributed by atoms with van der Waals surface area (Å²) in [5.41, 5.74) is 5.95. The second kappa shape index (κ2) is 10.8. The average molecular weight is 573 g/mol. The molecule has 3 aromatic heterocycles. The van der Waals surface area contributed by atoms with Gasteiger partial charge in [0.05, 0.1) is 30.0 Å². The van der Waals surface area contributed by atoms with Crippen LogP contribution in [-0.4, -0.2) is 84.5 Å². The zero-order valence-corrected chi connectivity index (χ0v) is 24.1. The number of morpholine rings is 1. The fraction of sp³-hybridized carbons (Fsp3) is 0.355. The number of anilines is 2. The van der Waals surface area contributed by atoms with Crippen LogP contribution >= 0.6 is 0 Å². The maximum absolute atomic E-state index is 14.8. The van der Waals surface area contributed by atoms with Crippen LogP contribution in [0.2, 0.25) is 0 Å². The first-order valence-corrected chi connectivity index (χ1v) is 14.0. The predicted octanol–water partition coefficient (Wildman–Crippen LogP) is 3.87. The van der Waals surface area contributed by atoms with Gasteiger partial charge in [-0.25, -0.2) is 14.2 Å². The lowest BCUT2D eigenvalue weighted by molar-refractivity contribution is 0.0694. The van der Waals surface area contributed by atoms with Crippen LogP contribution in [0.5, 0.6) is 0 Å². The normalized spacial score (nSPS) is 15.1. The third kappa shape index (κ3) is 4.68. The maximum Gasteiger partial charge on any atom is 0.341 e. The minimum Gasteiger partial charge on any atom is -0.477 e. The van der Waals surface area contributed by atoms with Crippen LogP contribution in [0, 0.1) is 5.82 Å². The maximum atomic E-state index is 14.8. The standard InChI is InChI=1S/C31H33FN6O4/c1-17(15-36(3)4)38-16-24(31(40)41)29(39)22-9-18(13-35-30(22)38)23-14-34-26-12-20-21(10-19(32)11-25(20)33-2)27(26)28(23)37-5-7-42-8-6-37/h9-11,13-14,16-17,33H,5-8,12,15H2,1-4H3,(H,40,41). The van der Waals surface area contributed by atoms with Crippen molar-refractivity contribution in [1.82, 2.24) is 19.4 Å². The van der Waals surface area contributed by atoms with E-state index in [4.69, 9.17) is 14.7 Å². The van der Waals surface area contributed by atoms with E-state index in [0.717, 1.165) is 39.3 Å². The van der Waals surface area contributed by atoms with Crippen molar-refractivity contribution in [2.45, 2.75) is 19.4 Å². The van der Waals surface area contributed by atoms with Gasteiger partial charge < -0.3 is 29.5 Å². The molecule has 0 saturated carbocycles. The van der Waals surface area contributed by atoms with Gasteiger partial charge in [-0.05, 0) is 50.3 Å². The highest BCUT2D eigenvalue weighted by molar-refractivity contribution is 5.98. The lowest BCUT2D eigenvalue weighted by atomic mass is 9.97. The fourth-order valence-electron chi connectivity index (χ4n) is 6.21. The number of carboxylic acid groups (broad SMARTS) is 1. The monoisotopic (exact) mass is 572 g/mol. The van der Waals surface area contributed by atoms with E-state index in [9.17, 15) is 19.1 Å². The van der Waals surface area contributed by atoms with E-state index >= 15 is 0 Å². The summed E-state index contributed by atoms with van der Waals surface area (Å²) in [7, 11) is 5.64. The first kappa shape index (κ1) is 27.8. The summed E-state index contributed by atoms with van der Waals surface area (Å²) >= 11 is 0. The van der Waals surface area contributed by atoms with Crippen LogP contribution in [0.15, 0.2) is 41.6 Å². The van der Waals surface area contributed by atoms with E-state index in [1.807, 2.05) is 25.9 Å². The number of hydrogen-bond donors (Lipinski definition) is 2. The molecule has 1 aliphatic heterocycles. The lowest BCUT2D eigenvalue weighted by Crippen LogP contribution is -2.37. The molecule has 4 heterocycles. The molecule has 0 spiro atoms. The molecule has 1 atom stereocenters. The first-order chi connectivity index (χ1) is 20.2. The van der Waals surface area contributed by atoms with E-state index in [1.165, 1.54) is 12.3 Å². The zero-order valence-electron chi connectivity index (χ0n) is 24.1. The minimum atomic E-state index is -1.29. The number of likely N-dealkylation sites (N-methyl/N-ethyl adjacent to an activating group) is 1. The van der Waals surface area contributed by atoms with Gasteiger partial charge >= 0.3 is 5.97 Å². The van der Waals surface area contributed by atoms with E-state index in [1.54, 1.807) is 36.1 Å². The molecule has 2 aliphatic rings. The number of aromatic carboxylic acids is 1. The second-order valence-electron chi connectivity index (χ2n) is 11.1. The number of nitrogens with one attached hydrogen (secondary N) is 1. The van der Waals surface area contributed by atoms with Crippen molar-refractivity contribution in [3.63, 3.8) is 0 Å². The van der Waals surface area contributed by atoms with E-state index in [0.29, 0.717) is 50.5 Å². The van der Waals surface area contributed by atoms with Crippen molar-refractivity contribution in [2.24, 2.45) is 0 Å². The van der Waals surface area contributed by atoms with Gasteiger partial charge in [0, 0.05) is 80.1 Å². The van der Waals surface area contributed by atoms with Crippen molar-refractivity contribution in [2.75, 3.05) is 64.2 Å². The Labute approximate surface area is 242 Å². The predicted molar refractivity (Wildman–Crippen MR) is 160 cm³/mol. The smallest absolute Gasteiger partial charge is 0.341 e. The van der Waals surface area contributed by atoms with Crippen molar-refractivity contribution < 1.29 is 19.0 Å². The molecule has 1 fully saturated rings. The van der Waals surface area contributed by atoms with Crippen LogP contribution in [0.1, 0.15) is 34.6 Å². The Kier molecular flexibility index (Phi) is 7.15. The quantitative estimate of drug-likeness (QED) is 0.300. The number of fused-ring (bicyclic) bond motifs is 4. The molecule has 1 saturated heterocycles. The van der Waals surface area contributed by atoms with Crippen LogP contribution < -0.4 is 15.6 Å². The Morgan fingerprint density at radius 1 is 1.17 bits per heavy atom. The molecular formula is C31H33FN6O4.